The van der Waals surface area contributed by atoms with E-state index in [0.717, 1.165) is 5.56 Å². The summed E-state index contributed by atoms with van der Waals surface area (Å²) < 4.78 is 0. The average molecular weight is 308 g/mol. The lowest BCUT2D eigenvalue weighted by molar-refractivity contribution is -0.114. The highest BCUT2D eigenvalue weighted by molar-refractivity contribution is 6.07. The van der Waals surface area contributed by atoms with Crippen molar-refractivity contribution in [2.24, 2.45) is 5.73 Å². The summed E-state index contributed by atoms with van der Waals surface area (Å²) in [5.74, 6) is -0.839. The van der Waals surface area contributed by atoms with Gasteiger partial charge in [0.25, 0.3) is 0 Å². The summed E-state index contributed by atoms with van der Waals surface area (Å²) in [5, 5.41) is 2.67. The lowest BCUT2D eigenvalue weighted by Crippen LogP contribution is -2.10. The highest BCUT2D eigenvalue weighted by Gasteiger charge is 2.04. The molecule has 2 rings (SSSR count). The van der Waals surface area contributed by atoms with Gasteiger partial charge in [-0.25, -0.2) is 0 Å². The Bertz CT molecular complexity index is 760. The molecule has 0 unspecified atom stereocenters. The van der Waals surface area contributed by atoms with E-state index in [4.69, 9.17) is 5.73 Å². The normalized spacial score (nSPS) is 10.5. The Hall–Kier alpha value is -3.21. The number of rotatable bonds is 5. The van der Waals surface area contributed by atoms with Crippen LogP contribution in [0.3, 0.4) is 0 Å². The van der Waals surface area contributed by atoms with Gasteiger partial charge in [0.1, 0.15) is 0 Å². The number of nitrogens with one attached hydrogen (secondary N) is 1. The van der Waals surface area contributed by atoms with Crippen molar-refractivity contribution in [1.82, 2.24) is 0 Å². The number of primary amides is 1. The quantitative estimate of drug-likeness (QED) is 0.657. The Balaban J connectivity index is 2.05. The highest BCUT2D eigenvalue weighted by atomic mass is 16.1. The molecule has 0 saturated carbocycles. The molecule has 0 aliphatic heterocycles. The minimum Gasteiger partial charge on any atom is -0.366 e. The van der Waals surface area contributed by atoms with Crippen LogP contribution in [0.1, 0.15) is 33.2 Å². The molecule has 2 aromatic rings. The number of benzene rings is 2. The molecule has 0 spiro atoms. The van der Waals surface area contributed by atoms with Gasteiger partial charge >= 0.3 is 0 Å². The van der Waals surface area contributed by atoms with Crippen LogP contribution in [0.25, 0.3) is 6.08 Å². The maximum absolute atomic E-state index is 12.1. The van der Waals surface area contributed by atoms with Crippen LogP contribution in [0.4, 0.5) is 5.69 Å². The van der Waals surface area contributed by atoms with Crippen molar-refractivity contribution in [3.05, 3.63) is 71.3 Å². The van der Waals surface area contributed by atoms with Crippen molar-refractivity contribution < 1.29 is 14.4 Å². The molecule has 2 aromatic carbocycles. The van der Waals surface area contributed by atoms with Crippen molar-refractivity contribution in [2.45, 2.75) is 6.92 Å². The Morgan fingerprint density at radius 1 is 0.913 bits per heavy atom. The van der Waals surface area contributed by atoms with Crippen LogP contribution in [0.15, 0.2) is 54.6 Å². The number of nitrogens with two attached hydrogens (primary N) is 1. The molecule has 2 amide bonds. The second kappa shape index (κ2) is 7.17. The van der Waals surface area contributed by atoms with Gasteiger partial charge in [0, 0.05) is 23.7 Å². The third-order valence-electron chi connectivity index (χ3n) is 3.11. The van der Waals surface area contributed by atoms with Crippen molar-refractivity contribution in [3.63, 3.8) is 0 Å². The fourth-order valence-corrected chi connectivity index (χ4v) is 1.95. The second-order valence-corrected chi connectivity index (χ2v) is 4.94. The van der Waals surface area contributed by atoms with Crippen LogP contribution < -0.4 is 11.1 Å². The Labute approximate surface area is 133 Å². The van der Waals surface area contributed by atoms with E-state index >= 15 is 0 Å². The van der Waals surface area contributed by atoms with Gasteiger partial charge in [-0.3, -0.25) is 14.4 Å². The number of ketones is 1. The molecule has 3 N–H and O–H groups in total. The van der Waals surface area contributed by atoms with Gasteiger partial charge in [0.2, 0.25) is 11.8 Å². The van der Waals surface area contributed by atoms with E-state index in [1.54, 1.807) is 42.5 Å². The number of anilines is 1. The van der Waals surface area contributed by atoms with Crippen LogP contribution in [-0.2, 0) is 4.79 Å². The molecule has 5 heteroatoms. The van der Waals surface area contributed by atoms with Crippen LogP contribution in [0, 0.1) is 0 Å². The highest BCUT2D eigenvalue weighted by Crippen LogP contribution is 2.12. The molecule has 0 radical (unpaired) electrons. The standard InChI is InChI=1S/C18H16N2O3/c1-12(21)20-16-9-2-13(3-10-16)4-11-17(22)14-5-7-15(8-6-14)18(19)23/h2-11H,1H3,(H2,19,23)(H,20,21)/b11-4+. The SMILES string of the molecule is CC(=O)Nc1ccc(/C=C/C(=O)c2ccc(C(N)=O)cc2)cc1. The van der Waals surface area contributed by atoms with E-state index in [1.807, 2.05) is 0 Å². The smallest absolute Gasteiger partial charge is 0.248 e. The fourth-order valence-electron chi connectivity index (χ4n) is 1.95. The summed E-state index contributed by atoms with van der Waals surface area (Å²) in [5.41, 5.74) is 7.52. The van der Waals surface area contributed by atoms with Gasteiger partial charge in [0.05, 0.1) is 0 Å². The molecule has 0 saturated heterocycles. The molecular formula is C18H16N2O3. The van der Waals surface area contributed by atoms with Crippen molar-refractivity contribution in [2.75, 3.05) is 5.32 Å². The summed E-state index contributed by atoms with van der Waals surface area (Å²) in [4.78, 5) is 34.0. The fraction of sp³-hybridized carbons (Fsp3) is 0.0556. The number of hydrogen-bond acceptors (Lipinski definition) is 3. The van der Waals surface area contributed by atoms with Crippen LogP contribution in [-0.4, -0.2) is 17.6 Å². The number of amides is 2. The predicted molar refractivity (Wildman–Crippen MR) is 89.1 cm³/mol. The van der Waals surface area contributed by atoms with Gasteiger partial charge < -0.3 is 11.1 Å². The maximum atomic E-state index is 12.1. The summed E-state index contributed by atoms with van der Waals surface area (Å²) in [7, 11) is 0. The van der Waals surface area contributed by atoms with Crippen molar-refractivity contribution >= 4 is 29.4 Å². The first-order chi connectivity index (χ1) is 11.0. The summed E-state index contributed by atoms with van der Waals surface area (Å²) in [6, 6.07) is 13.3. The lowest BCUT2D eigenvalue weighted by atomic mass is 10.1. The Morgan fingerprint density at radius 3 is 2.00 bits per heavy atom. The van der Waals surface area contributed by atoms with E-state index in [2.05, 4.69) is 5.32 Å². The van der Waals surface area contributed by atoms with Crippen LogP contribution in [0.5, 0.6) is 0 Å². The van der Waals surface area contributed by atoms with Gasteiger partial charge in [-0.15, -0.1) is 0 Å². The Kier molecular flexibility index (Phi) is 5.04. The van der Waals surface area contributed by atoms with Gasteiger partial charge in [-0.2, -0.15) is 0 Å². The molecule has 0 aromatic heterocycles. The van der Waals surface area contributed by atoms with Gasteiger partial charge in [0.15, 0.2) is 5.78 Å². The minimum atomic E-state index is -0.529. The predicted octanol–water partition coefficient (Wildman–Crippen LogP) is 2.64. The maximum Gasteiger partial charge on any atom is 0.248 e. The molecule has 0 fully saturated rings. The zero-order valence-electron chi connectivity index (χ0n) is 12.6. The first-order valence-electron chi connectivity index (χ1n) is 6.95. The minimum absolute atomic E-state index is 0.136. The molecule has 5 nitrogen and oxygen atoms in total. The molecule has 0 heterocycles. The first-order valence-corrected chi connectivity index (χ1v) is 6.95. The number of carbonyl (C=O) groups is 3. The van der Waals surface area contributed by atoms with Crippen LogP contribution in [0.2, 0.25) is 0 Å². The third-order valence-corrected chi connectivity index (χ3v) is 3.11. The van der Waals surface area contributed by atoms with Gasteiger partial charge in [-0.05, 0) is 35.9 Å². The van der Waals surface area contributed by atoms with E-state index in [-0.39, 0.29) is 11.7 Å². The molecule has 0 atom stereocenters. The second-order valence-electron chi connectivity index (χ2n) is 4.94. The summed E-state index contributed by atoms with van der Waals surface area (Å²) in [6.07, 6.45) is 3.13. The topological polar surface area (TPSA) is 89.3 Å². The van der Waals surface area contributed by atoms with E-state index in [1.165, 1.54) is 25.1 Å². The third kappa shape index (κ3) is 4.64. The summed E-state index contributed by atoms with van der Waals surface area (Å²) >= 11 is 0. The van der Waals surface area contributed by atoms with E-state index in [0.29, 0.717) is 16.8 Å². The number of allylic oxidation sites excluding steroid dienone is 1. The monoisotopic (exact) mass is 308 g/mol. The summed E-state index contributed by atoms with van der Waals surface area (Å²) in [6.45, 7) is 1.44. The van der Waals surface area contributed by atoms with Crippen molar-refractivity contribution in [1.29, 1.82) is 0 Å². The van der Waals surface area contributed by atoms with Gasteiger partial charge in [-0.1, -0.05) is 30.3 Å². The molecule has 0 bridgehead atoms. The first kappa shape index (κ1) is 16.2. The molecule has 116 valence electrons. The van der Waals surface area contributed by atoms with E-state index < -0.39 is 5.91 Å². The zero-order valence-corrected chi connectivity index (χ0v) is 12.6. The molecule has 23 heavy (non-hydrogen) atoms. The zero-order chi connectivity index (χ0) is 16.8. The van der Waals surface area contributed by atoms with Crippen molar-refractivity contribution in [3.8, 4) is 0 Å². The molecule has 0 aliphatic carbocycles. The van der Waals surface area contributed by atoms with E-state index in [9.17, 15) is 14.4 Å². The largest absolute Gasteiger partial charge is 0.366 e. The molecule has 0 aliphatic rings. The lowest BCUT2D eigenvalue weighted by Gasteiger charge is -2.02. The van der Waals surface area contributed by atoms with Crippen LogP contribution >= 0.6 is 0 Å². The molecular weight excluding hydrogens is 292 g/mol. The Morgan fingerprint density at radius 2 is 1.48 bits per heavy atom. The average Bonchev–Trinajstić information content (AvgIpc) is 2.53. The number of hydrogen-bond donors (Lipinski definition) is 2. The number of carbonyl (C=O) groups excluding carboxylic acids is 3.